The molecule has 0 aliphatic heterocycles. The summed E-state index contributed by atoms with van der Waals surface area (Å²) in [6, 6.07) is 5.04. The molecule has 1 aromatic rings. The average molecular weight is 246 g/mol. The molecular formula is C11H13Cl2NO. The molecule has 0 fully saturated rings. The molecule has 1 atom stereocenters. The summed E-state index contributed by atoms with van der Waals surface area (Å²) in [5.74, 6) is 0. The fraction of sp³-hybridized carbons (Fsp3) is 0.273. The molecule has 0 amide bonds. The summed E-state index contributed by atoms with van der Waals surface area (Å²) in [5, 5.41) is 13.9. The van der Waals surface area contributed by atoms with Crippen LogP contribution in [0.4, 0.5) is 0 Å². The summed E-state index contributed by atoms with van der Waals surface area (Å²) in [7, 11) is 0. The van der Waals surface area contributed by atoms with Gasteiger partial charge in [-0.15, -0.1) is 6.58 Å². The highest BCUT2D eigenvalue weighted by molar-refractivity contribution is 6.33. The standard InChI is InChI=1S/C11H13Cl2NO/c1-2-5-14-7-11(15)9-6-8(12)3-4-10(9)13/h2-4,6,11,14-15H,1,5,7H2. The zero-order chi connectivity index (χ0) is 11.3. The minimum atomic E-state index is -0.656. The van der Waals surface area contributed by atoms with E-state index in [1.54, 1.807) is 24.3 Å². The lowest BCUT2D eigenvalue weighted by Gasteiger charge is -2.13. The largest absolute Gasteiger partial charge is 0.387 e. The van der Waals surface area contributed by atoms with Crippen LogP contribution in [0.2, 0.25) is 10.0 Å². The predicted molar refractivity (Wildman–Crippen MR) is 64.5 cm³/mol. The zero-order valence-electron chi connectivity index (χ0n) is 8.21. The molecule has 2 nitrogen and oxygen atoms in total. The molecule has 0 aliphatic rings. The van der Waals surface area contributed by atoms with Crippen LogP contribution in [0, 0.1) is 0 Å². The van der Waals surface area contributed by atoms with Gasteiger partial charge in [-0.3, -0.25) is 0 Å². The van der Waals surface area contributed by atoms with Crippen molar-refractivity contribution in [3.05, 3.63) is 46.5 Å². The summed E-state index contributed by atoms with van der Waals surface area (Å²) in [6.45, 7) is 4.64. The second kappa shape index (κ2) is 6.13. The molecule has 1 aromatic carbocycles. The van der Waals surface area contributed by atoms with Crippen LogP contribution in [-0.2, 0) is 0 Å². The number of hydrogen-bond acceptors (Lipinski definition) is 2. The van der Waals surface area contributed by atoms with Crippen molar-refractivity contribution >= 4 is 23.2 Å². The topological polar surface area (TPSA) is 32.3 Å². The monoisotopic (exact) mass is 245 g/mol. The van der Waals surface area contributed by atoms with E-state index < -0.39 is 6.10 Å². The number of nitrogens with one attached hydrogen (secondary N) is 1. The molecule has 0 saturated carbocycles. The third kappa shape index (κ3) is 3.84. The van der Waals surface area contributed by atoms with Gasteiger partial charge in [0.25, 0.3) is 0 Å². The first-order valence-corrected chi connectivity index (χ1v) is 5.35. The summed E-state index contributed by atoms with van der Waals surface area (Å²) in [5.41, 5.74) is 0.640. The van der Waals surface area contributed by atoms with Crippen molar-refractivity contribution in [2.24, 2.45) is 0 Å². The van der Waals surface area contributed by atoms with Gasteiger partial charge < -0.3 is 10.4 Å². The molecule has 0 bridgehead atoms. The quantitative estimate of drug-likeness (QED) is 0.618. The molecule has 0 aromatic heterocycles. The first kappa shape index (κ1) is 12.5. The van der Waals surface area contributed by atoms with E-state index in [4.69, 9.17) is 23.2 Å². The minimum absolute atomic E-state index is 0.423. The molecule has 0 radical (unpaired) electrons. The van der Waals surface area contributed by atoms with Crippen LogP contribution in [0.3, 0.4) is 0 Å². The van der Waals surface area contributed by atoms with Gasteiger partial charge in [0, 0.05) is 28.7 Å². The van der Waals surface area contributed by atoms with Crippen molar-refractivity contribution in [3.8, 4) is 0 Å². The van der Waals surface area contributed by atoms with Crippen LogP contribution in [0.1, 0.15) is 11.7 Å². The van der Waals surface area contributed by atoms with Gasteiger partial charge in [-0.2, -0.15) is 0 Å². The number of aliphatic hydroxyl groups is 1. The van der Waals surface area contributed by atoms with Crippen LogP contribution < -0.4 is 5.32 Å². The number of aliphatic hydroxyl groups excluding tert-OH is 1. The highest BCUT2D eigenvalue weighted by Crippen LogP contribution is 2.25. The molecule has 0 heterocycles. The van der Waals surface area contributed by atoms with Gasteiger partial charge >= 0.3 is 0 Å². The molecule has 15 heavy (non-hydrogen) atoms. The van der Waals surface area contributed by atoms with Gasteiger partial charge in [0.15, 0.2) is 0 Å². The number of benzene rings is 1. The van der Waals surface area contributed by atoms with Gasteiger partial charge in [-0.25, -0.2) is 0 Å². The first-order valence-electron chi connectivity index (χ1n) is 4.59. The number of hydrogen-bond donors (Lipinski definition) is 2. The Bertz CT molecular complexity index is 341. The Hall–Kier alpha value is -0.540. The third-order valence-electron chi connectivity index (χ3n) is 1.94. The van der Waals surface area contributed by atoms with E-state index in [1.807, 2.05) is 0 Å². The number of rotatable bonds is 5. The van der Waals surface area contributed by atoms with Crippen LogP contribution in [0.5, 0.6) is 0 Å². The molecule has 82 valence electrons. The highest BCUT2D eigenvalue weighted by atomic mass is 35.5. The van der Waals surface area contributed by atoms with E-state index in [0.29, 0.717) is 28.7 Å². The molecule has 0 aliphatic carbocycles. The van der Waals surface area contributed by atoms with Gasteiger partial charge in [0.2, 0.25) is 0 Å². The SMILES string of the molecule is C=CCNCC(O)c1cc(Cl)ccc1Cl. The normalized spacial score (nSPS) is 12.5. The maximum absolute atomic E-state index is 9.81. The van der Waals surface area contributed by atoms with E-state index in [2.05, 4.69) is 11.9 Å². The highest BCUT2D eigenvalue weighted by Gasteiger charge is 2.11. The van der Waals surface area contributed by atoms with Crippen LogP contribution in [0.15, 0.2) is 30.9 Å². The summed E-state index contributed by atoms with van der Waals surface area (Å²) >= 11 is 11.8. The predicted octanol–water partition coefficient (Wildman–Crippen LogP) is 2.80. The molecule has 1 rings (SSSR count). The van der Waals surface area contributed by atoms with E-state index in [1.165, 1.54) is 0 Å². The Morgan fingerprint density at radius 2 is 2.20 bits per heavy atom. The second-order valence-corrected chi connectivity index (χ2v) is 3.97. The Balaban J connectivity index is 2.67. The molecular weight excluding hydrogens is 233 g/mol. The van der Waals surface area contributed by atoms with Crippen LogP contribution >= 0.6 is 23.2 Å². The lowest BCUT2D eigenvalue weighted by molar-refractivity contribution is 0.176. The Kier molecular flexibility index (Phi) is 5.12. The summed E-state index contributed by atoms with van der Waals surface area (Å²) < 4.78 is 0. The van der Waals surface area contributed by atoms with Crippen molar-refractivity contribution < 1.29 is 5.11 Å². The van der Waals surface area contributed by atoms with Crippen molar-refractivity contribution in [1.82, 2.24) is 5.32 Å². The van der Waals surface area contributed by atoms with E-state index in [0.717, 1.165) is 0 Å². The van der Waals surface area contributed by atoms with Crippen LogP contribution in [0.25, 0.3) is 0 Å². The summed E-state index contributed by atoms with van der Waals surface area (Å²) in [6.07, 6.45) is 1.07. The zero-order valence-corrected chi connectivity index (χ0v) is 9.72. The van der Waals surface area contributed by atoms with Gasteiger partial charge in [0.05, 0.1) is 6.10 Å². The Labute approximate surface area is 99.5 Å². The van der Waals surface area contributed by atoms with Crippen molar-refractivity contribution in [2.45, 2.75) is 6.10 Å². The average Bonchev–Trinajstić information content (AvgIpc) is 2.22. The minimum Gasteiger partial charge on any atom is -0.387 e. The fourth-order valence-electron chi connectivity index (χ4n) is 1.20. The van der Waals surface area contributed by atoms with E-state index in [9.17, 15) is 5.11 Å². The molecule has 0 spiro atoms. The Morgan fingerprint density at radius 1 is 1.47 bits per heavy atom. The molecule has 0 saturated heterocycles. The maximum Gasteiger partial charge on any atom is 0.0929 e. The number of halogens is 2. The molecule has 1 unspecified atom stereocenters. The van der Waals surface area contributed by atoms with Crippen molar-refractivity contribution in [2.75, 3.05) is 13.1 Å². The smallest absolute Gasteiger partial charge is 0.0929 e. The maximum atomic E-state index is 9.81. The second-order valence-electron chi connectivity index (χ2n) is 3.13. The lowest BCUT2D eigenvalue weighted by Crippen LogP contribution is -2.21. The van der Waals surface area contributed by atoms with Gasteiger partial charge in [0.1, 0.15) is 0 Å². The van der Waals surface area contributed by atoms with E-state index in [-0.39, 0.29) is 0 Å². The van der Waals surface area contributed by atoms with Crippen LogP contribution in [-0.4, -0.2) is 18.2 Å². The van der Waals surface area contributed by atoms with Gasteiger partial charge in [-0.1, -0.05) is 29.3 Å². The van der Waals surface area contributed by atoms with Crippen molar-refractivity contribution in [1.29, 1.82) is 0 Å². The van der Waals surface area contributed by atoms with Crippen molar-refractivity contribution in [3.63, 3.8) is 0 Å². The molecule has 4 heteroatoms. The summed E-state index contributed by atoms with van der Waals surface area (Å²) in [4.78, 5) is 0. The van der Waals surface area contributed by atoms with Gasteiger partial charge in [-0.05, 0) is 18.2 Å². The third-order valence-corrected chi connectivity index (χ3v) is 2.52. The van der Waals surface area contributed by atoms with E-state index >= 15 is 0 Å². The fourth-order valence-corrected chi connectivity index (χ4v) is 1.63. The molecule has 2 N–H and O–H groups in total. The lowest BCUT2D eigenvalue weighted by atomic mass is 10.1. The first-order chi connectivity index (χ1) is 7.15. The Morgan fingerprint density at radius 3 is 2.87 bits per heavy atom.